The molecule has 0 unspecified atom stereocenters. The average molecular weight is 242 g/mol. The highest BCUT2D eigenvalue weighted by atomic mass is 14.9. The first-order valence-electron chi connectivity index (χ1n) is 6.31. The highest BCUT2D eigenvalue weighted by molar-refractivity contribution is 5.56. The fourth-order valence-corrected chi connectivity index (χ4v) is 1.90. The van der Waals surface area contributed by atoms with Gasteiger partial charge in [-0.3, -0.25) is 4.98 Å². The first-order chi connectivity index (χ1) is 8.76. The lowest BCUT2D eigenvalue weighted by Gasteiger charge is -2.08. The second-order valence-corrected chi connectivity index (χ2v) is 4.21. The third-order valence-corrected chi connectivity index (χ3v) is 2.87. The number of pyridine rings is 1. The molecule has 18 heavy (non-hydrogen) atoms. The van der Waals surface area contributed by atoms with Gasteiger partial charge in [-0.2, -0.15) is 0 Å². The summed E-state index contributed by atoms with van der Waals surface area (Å²) >= 11 is 0. The van der Waals surface area contributed by atoms with E-state index in [0.29, 0.717) is 11.5 Å². The third kappa shape index (κ3) is 2.47. The van der Waals surface area contributed by atoms with Crippen LogP contribution in [-0.2, 0) is 12.8 Å². The van der Waals surface area contributed by atoms with Crippen LogP contribution in [0.2, 0.25) is 0 Å². The van der Waals surface area contributed by atoms with E-state index < -0.39 is 0 Å². The molecule has 0 aliphatic carbocycles. The number of hydrogen-bond acceptors (Lipinski definition) is 4. The third-order valence-electron chi connectivity index (χ3n) is 2.87. The van der Waals surface area contributed by atoms with Crippen molar-refractivity contribution < 1.29 is 0 Å². The summed E-state index contributed by atoms with van der Waals surface area (Å²) in [5.41, 5.74) is 9.47. The molecule has 94 valence electrons. The number of aryl methyl sites for hydroxylation is 2. The maximum Gasteiger partial charge on any atom is 0.178 e. The number of nitrogens with two attached hydrogens (primary N) is 1. The van der Waals surface area contributed by atoms with Crippen LogP contribution in [0.15, 0.2) is 24.5 Å². The van der Waals surface area contributed by atoms with Gasteiger partial charge in [0.15, 0.2) is 5.82 Å². The lowest BCUT2D eigenvalue weighted by atomic mass is 10.1. The quantitative estimate of drug-likeness (QED) is 0.895. The van der Waals surface area contributed by atoms with Crippen LogP contribution in [0.1, 0.15) is 31.5 Å². The smallest absolute Gasteiger partial charge is 0.178 e. The van der Waals surface area contributed by atoms with E-state index in [1.807, 2.05) is 6.07 Å². The summed E-state index contributed by atoms with van der Waals surface area (Å²) in [4.78, 5) is 13.2. The minimum absolute atomic E-state index is 0.662. The van der Waals surface area contributed by atoms with Crippen molar-refractivity contribution in [2.45, 2.75) is 33.1 Å². The molecule has 2 rings (SSSR count). The number of nitrogens with zero attached hydrogens (tertiary/aromatic N) is 3. The standard InChI is InChI=1S/C14H18N4/c1-3-6-12-11(15)9-17-14(18-12)13-10(4-2)7-5-8-16-13/h5,7-9H,3-4,6,15H2,1-2H3. The molecule has 4 nitrogen and oxygen atoms in total. The molecule has 0 saturated carbocycles. The molecule has 0 spiro atoms. The van der Waals surface area contributed by atoms with Crippen molar-refractivity contribution in [3.8, 4) is 11.5 Å². The predicted octanol–water partition coefficient (Wildman–Crippen LogP) is 2.64. The molecule has 0 saturated heterocycles. The molecule has 0 bridgehead atoms. The van der Waals surface area contributed by atoms with E-state index in [0.717, 1.165) is 36.2 Å². The largest absolute Gasteiger partial charge is 0.396 e. The lowest BCUT2D eigenvalue weighted by Crippen LogP contribution is -2.03. The SMILES string of the molecule is CCCc1nc(-c2ncccc2CC)ncc1N. The lowest BCUT2D eigenvalue weighted by molar-refractivity contribution is 0.876. The minimum Gasteiger partial charge on any atom is -0.396 e. The highest BCUT2D eigenvalue weighted by Gasteiger charge is 2.10. The fraction of sp³-hybridized carbons (Fsp3) is 0.357. The molecule has 0 aliphatic heterocycles. The molecular formula is C14H18N4. The van der Waals surface area contributed by atoms with Gasteiger partial charge in [0.25, 0.3) is 0 Å². The van der Waals surface area contributed by atoms with Gasteiger partial charge in [0.2, 0.25) is 0 Å². The molecule has 2 heterocycles. The molecule has 2 aromatic rings. The van der Waals surface area contributed by atoms with Gasteiger partial charge in [0.1, 0.15) is 5.69 Å². The Bertz CT molecular complexity index is 537. The Hall–Kier alpha value is -1.97. The number of hydrogen-bond donors (Lipinski definition) is 1. The Morgan fingerprint density at radius 3 is 2.78 bits per heavy atom. The Kier molecular flexibility index (Phi) is 3.87. The molecule has 0 atom stereocenters. The van der Waals surface area contributed by atoms with Gasteiger partial charge in [-0.05, 0) is 24.5 Å². The molecule has 0 radical (unpaired) electrons. The molecule has 2 N–H and O–H groups in total. The van der Waals surface area contributed by atoms with Crippen molar-refractivity contribution in [1.29, 1.82) is 0 Å². The van der Waals surface area contributed by atoms with Crippen molar-refractivity contribution in [2.24, 2.45) is 0 Å². The Morgan fingerprint density at radius 2 is 2.06 bits per heavy atom. The molecule has 2 aromatic heterocycles. The van der Waals surface area contributed by atoms with Gasteiger partial charge in [-0.1, -0.05) is 26.3 Å². The number of rotatable bonds is 4. The van der Waals surface area contributed by atoms with Crippen LogP contribution >= 0.6 is 0 Å². The molecule has 0 aromatic carbocycles. The summed E-state index contributed by atoms with van der Waals surface area (Å²) in [6.07, 6.45) is 6.26. The molecule has 0 fully saturated rings. The molecular weight excluding hydrogens is 224 g/mol. The maximum atomic E-state index is 5.88. The summed E-state index contributed by atoms with van der Waals surface area (Å²) < 4.78 is 0. The molecule has 0 aliphatic rings. The zero-order chi connectivity index (χ0) is 13.0. The minimum atomic E-state index is 0.662. The first-order valence-corrected chi connectivity index (χ1v) is 6.31. The summed E-state index contributed by atoms with van der Waals surface area (Å²) in [5.74, 6) is 0.671. The fourth-order valence-electron chi connectivity index (χ4n) is 1.90. The van der Waals surface area contributed by atoms with Gasteiger partial charge < -0.3 is 5.73 Å². The van der Waals surface area contributed by atoms with E-state index in [9.17, 15) is 0 Å². The van der Waals surface area contributed by atoms with E-state index in [4.69, 9.17) is 5.73 Å². The van der Waals surface area contributed by atoms with Crippen LogP contribution in [0.25, 0.3) is 11.5 Å². The van der Waals surface area contributed by atoms with Crippen LogP contribution in [0, 0.1) is 0 Å². The molecule has 4 heteroatoms. The topological polar surface area (TPSA) is 64.7 Å². The zero-order valence-electron chi connectivity index (χ0n) is 10.8. The number of nitrogen functional groups attached to an aromatic ring is 1. The van der Waals surface area contributed by atoms with E-state index in [1.54, 1.807) is 12.4 Å². The van der Waals surface area contributed by atoms with Gasteiger partial charge in [0.05, 0.1) is 17.6 Å². The van der Waals surface area contributed by atoms with Crippen molar-refractivity contribution >= 4 is 5.69 Å². The highest BCUT2D eigenvalue weighted by Crippen LogP contribution is 2.20. The van der Waals surface area contributed by atoms with E-state index in [-0.39, 0.29) is 0 Å². The van der Waals surface area contributed by atoms with Gasteiger partial charge in [0, 0.05) is 6.20 Å². The van der Waals surface area contributed by atoms with Crippen LogP contribution in [-0.4, -0.2) is 15.0 Å². The van der Waals surface area contributed by atoms with Gasteiger partial charge in [-0.25, -0.2) is 9.97 Å². The van der Waals surface area contributed by atoms with Crippen LogP contribution in [0.4, 0.5) is 5.69 Å². The van der Waals surface area contributed by atoms with Crippen LogP contribution in [0.3, 0.4) is 0 Å². The predicted molar refractivity (Wildman–Crippen MR) is 73.0 cm³/mol. The monoisotopic (exact) mass is 242 g/mol. The van der Waals surface area contributed by atoms with Gasteiger partial charge in [-0.15, -0.1) is 0 Å². The summed E-state index contributed by atoms with van der Waals surface area (Å²) in [7, 11) is 0. The normalized spacial score (nSPS) is 10.6. The van der Waals surface area contributed by atoms with Crippen molar-refractivity contribution in [2.75, 3.05) is 5.73 Å². The van der Waals surface area contributed by atoms with Crippen LogP contribution in [0.5, 0.6) is 0 Å². The Morgan fingerprint density at radius 1 is 1.22 bits per heavy atom. The van der Waals surface area contributed by atoms with E-state index in [1.165, 1.54) is 0 Å². The first kappa shape index (κ1) is 12.5. The van der Waals surface area contributed by atoms with Crippen LogP contribution < -0.4 is 5.73 Å². The zero-order valence-corrected chi connectivity index (χ0v) is 10.8. The number of aromatic nitrogens is 3. The maximum absolute atomic E-state index is 5.88. The Balaban J connectivity index is 2.47. The average Bonchev–Trinajstić information content (AvgIpc) is 2.41. The van der Waals surface area contributed by atoms with Gasteiger partial charge >= 0.3 is 0 Å². The van der Waals surface area contributed by atoms with E-state index >= 15 is 0 Å². The summed E-state index contributed by atoms with van der Waals surface area (Å²) in [5, 5.41) is 0. The summed E-state index contributed by atoms with van der Waals surface area (Å²) in [6.45, 7) is 4.21. The second-order valence-electron chi connectivity index (χ2n) is 4.21. The van der Waals surface area contributed by atoms with E-state index in [2.05, 4.69) is 34.9 Å². The molecule has 0 amide bonds. The summed E-state index contributed by atoms with van der Waals surface area (Å²) in [6, 6.07) is 3.99. The Labute approximate surface area is 107 Å². The second kappa shape index (κ2) is 5.58. The van der Waals surface area contributed by atoms with Crippen molar-refractivity contribution in [3.05, 3.63) is 35.8 Å². The van der Waals surface area contributed by atoms with Crippen molar-refractivity contribution in [1.82, 2.24) is 15.0 Å². The number of anilines is 1. The van der Waals surface area contributed by atoms with Crippen molar-refractivity contribution in [3.63, 3.8) is 0 Å².